The van der Waals surface area contributed by atoms with Crippen molar-refractivity contribution in [3.8, 4) is 5.75 Å². The Morgan fingerprint density at radius 1 is 1.19 bits per heavy atom. The maximum atomic E-state index is 11.9. The van der Waals surface area contributed by atoms with Crippen LogP contribution in [0.5, 0.6) is 5.75 Å². The molecule has 2 N–H and O–H groups in total. The van der Waals surface area contributed by atoms with Crippen molar-refractivity contribution in [3.63, 3.8) is 0 Å². The highest BCUT2D eigenvalue weighted by atomic mass is 35.5. The van der Waals surface area contributed by atoms with Crippen molar-refractivity contribution in [2.75, 3.05) is 13.2 Å². The number of ether oxygens (including phenoxy) is 1. The molecule has 0 aliphatic heterocycles. The first kappa shape index (κ1) is 15.4. The highest BCUT2D eigenvalue weighted by molar-refractivity contribution is 6.30. The van der Waals surface area contributed by atoms with Crippen LogP contribution in [0.3, 0.4) is 0 Å². The molecule has 0 radical (unpaired) electrons. The molecule has 1 unspecified atom stereocenters. The van der Waals surface area contributed by atoms with Gasteiger partial charge in [0.05, 0.1) is 12.6 Å². The number of hydrogen-bond acceptors (Lipinski definition) is 3. The fraction of sp³-hybridized carbons (Fsp3) is 0.188. The average molecular weight is 306 g/mol. The summed E-state index contributed by atoms with van der Waals surface area (Å²) in [5.41, 5.74) is 0.844. The van der Waals surface area contributed by atoms with Crippen LogP contribution in [0.2, 0.25) is 5.02 Å². The lowest BCUT2D eigenvalue weighted by Crippen LogP contribution is -2.34. The second-order valence-corrected chi connectivity index (χ2v) is 4.90. The van der Waals surface area contributed by atoms with E-state index in [9.17, 15) is 9.90 Å². The number of amides is 1. The van der Waals surface area contributed by atoms with Crippen molar-refractivity contribution in [1.29, 1.82) is 0 Å². The normalized spacial score (nSPS) is 11.7. The molecule has 1 amide bonds. The predicted molar refractivity (Wildman–Crippen MR) is 81.4 cm³/mol. The van der Waals surface area contributed by atoms with Crippen LogP contribution in [0.1, 0.15) is 11.6 Å². The Labute approximate surface area is 128 Å². The Morgan fingerprint density at radius 3 is 2.62 bits per heavy atom. The molecule has 0 aromatic heterocycles. The lowest BCUT2D eigenvalue weighted by Gasteiger charge is -2.17. The van der Waals surface area contributed by atoms with Crippen molar-refractivity contribution in [3.05, 3.63) is 65.2 Å². The minimum absolute atomic E-state index is 0.135. The summed E-state index contributed by atoms with van der Waals surface area (Å²) >= 11 is 5.83. The van der Waals surface area contributed by atoms with E-state index in [1.807, 2.05) is 30.3 Å². The summed E-state index contributed by atoms with van der Waals surface area (Å²) in [6.07, 6.45) is 0. The Kier molecular flexibility index (Phi) is 5.60. The fourth-order valence-corrected chi connectivity index (χ4v) is 2.04. The van der Waals surface area contributed by atoms with Crippen molar-refractivity contribution in [2.24, 2.45) is 0 Å². The van der Waals surface area contributed by atoms with Gasteiger partial charge < -0.3 is 15.2 Å². The molecule has 0 saturated carbocycles. The van der Waals surface area contributed by atoms with Crippen LogP contribution in [0.15, 0.2) is 54.6 Å². The van der Waals surface area contributed by atoms with Crippen molar-refractivity contribution in [2.45, 2.75) is 6.04 Å². The molecule has 2 aromatic rings. The molecule has 2 rings (SSSR count). The molecule has 0 heterocycles. The molecule has 1 atom stereocenters. The van der Waals surface area contributed by atoms with E-state index in [4.69, 9.17) is 16.3 Å². The minimum Gasteiger partial charge on any atom is -0.484 e. The summed E-state index contributed by atoms with van der Waals surface area (Å²) in [6, 6.07) is 15.7. The second-order valence-electron chi connectivity index (χ2n) is 4.46. The van der Waals surface area contributed by atoms with Gasteiger partial charge in [-0.25, -0.2) is 0 Å². The van der Waals surface area contributed by atoms with E-state index >= 15 is 0 Å². The number of hydrogen-bond donors (Lipinski definition) is 2. The first-order valence-corrected chi connectivity index (χ1v) is 6.90. The topological polar surface area (TPSA) is 58.6 Å². The van der Waals surface area contributed by atoms with Gasteiger partial charge in [0.1, 0.15) is 5.75 Å². The van der Waals surface area contributed by atoms with Gasteiger partial charge in [-0.15, -0.1) is 0 Å². The number of carbonyl (C=O) groups excluding carboxylic acids is 1. The number of benzene rings is 2. The molecule has 4 nitrogen and oxygen atoms in total. The third-order valence-electron chi connectivity index (χ3n) is 2.89. The fourth-order valence-electron chi connectivity index (χ4n) is 1.86. The van der Waals surface area contributed by atoms with Gasteiger partial charge in [0.25, 0.3) is 5.91 Å². The van der Waals surface area contributed by atoms with E-state index in [-0.39, 0.29) is 19.1 Å². The zero-order chi connectivity index (χ0) is 15.1. The van der Waals surface area contributed by atoms with Gasteiger partial charge in [0.2, 0.25) is 0 Å². The summed E-state index contributed by atoms with van der Waals surface area (Å²) in [5.74, 6) is 0.218. The Bertz CT molecular complexity index is 589. The number of carbonyl (C=O) groups is 1. The smallest absolute Gasteiger partial charge is 0.258 e. The largest absolute Gasteiger partial charge is 0.484 e. The lowest BCUT2D eigenvalue weighted by atomic mass is 10.1. The number of halogens is 1. The molecule has 0 aliphatic carbocycles. The number of rotatable bonds is 6. The summed E-state index contributed by atoms with van der Waals surface area (Å²) in [7, 11) is 0. The van der Waals surface area contributed by atoms with Gasteiger partial charge in [0.15, 0.2) is 6.61 Å². The highest BCUT2D eigenvalue weighted by Gasteiger charge is 2.13. The minimum atomic E-state index is -0.443. The van der Waals surface area contributed by atoms with Crippen molar-refractivity contribution in [1.82, 2.24) is 5.32 Å². The molecule has 0 bridgehead atoms. The molecule has 0 aliphatic rings. The number of nitrogens with one attached hydrogen (secondary N) is 1. The van der Waals surface area contributed by atoms with Crippen LogP contribution < -0.4 is 10.1 Å². The van der Waals surface area contributed by atoms with Gasteiger partial charge in [-0.05, 0) is 23.8 Å². The van der Waals surface area contributed by atoms with Gasteiger partial charge in [-0.2, -0.15) is 0 Å². The van der Waals surface area contributed by atoms with E-state index in [1.165, 1.54) is 0 Å². The monoisotopic (exact) mass is 305 g/mol. The Morgan fingerprint density at radius 2 is 1.95 bits per heavy atom. The summed E-state index contributed by atoms with van der Waals surface area (Å²) in [4.78, 5) is 11.9. The van der Waals surface area contributed by atoms with Crippen molar-refractivity contribution >= 4 is 17.5 Å². The first-order valence-electron chi connectivity index (χ1n) is 6.52. The number of aliphatic hydroxyl groups excluding tert-OH is 1. The third kappa shape index (κ3) is 4.77. The lowest BCUT2D eigenvalue weighted by molar-refractivity contribution is -0.124. The van der Waals surface area contributed by atoms with Crippen LogP contribution in [-0.2, 0) is 4.79 Å². The van der Waals surface area contributed by atoms with Gasteiger partial charge >= 0.3 is 0 Å². The third-order valence-corrected chi connectivity index (χ3v) is 3.12. The SMILES string of the molecule is O=C(COc1cccc(Cl)c1)NC(CO)c1ccccc1. The molecule has 0 saturated heterocycles. The zero-order valence-corrected chi connectivity index (χ0v) is 12.1. The maximum Gasteiger partial charge on any atom is 0.258 e. The Hall–Kier alpha value is -2.04. The second kappa shape index (κ2) is 7.67. The molecule has 5 heteroatoms. The molecule has 0 spiro atoms. The molecule has 2 aromatic carbocycles. The molecule has 110 valence electrons. The summed E-state index contributed by atoms with van der Waals surface area (Å²) in [6.45, 7) is -0.309. The van der Waals surface area contributed by atoms with Gasteiger partial charge in [-0.3, -0.25) is 4.79 Å². The van der Waals surface area contributed by atoms with Crippen LogP contribution >= 0.6 is 11.6 Å². The van der Waals surface area contributed by atoms with E-state index in [0.717, 1.165) is 5.56 Å². The van der Waals surface area contributed by atoms with Gasteiger partial charge in [0, 0.05) is 5.02 Å². The van der Waals surface area contributed by atoms with Crippen LogP contribution in [-0.4, -0.2) is 24.2 Å². The maximum absolute atomic E-state index is 11.9. The van der Waals surface area contributed by atoms with E-state index in [1.54, 1.807) is 24.3 Å². The molecular weight excluding hydrogens is 290 g/mol. The predicted octanol–water partition coefficient (Wildman–Crippen LogP) is 2.57. The summed E-state index contributed by atoms with van der Waals surface area (Å²) in [5, 5.41) is 12.6. The average Bonchev–Trinajstić information content (AvgIpc) is 2.51. The van der Waals surface area contributed by atoms with E-state index < -0.39 is 6.04 Å². The van der Waals surface area contributed by atoms with Crippen LogP contribution in [0, 0.1) is 0 Å². The van der Waals surface area contributed by atoms with Gasteiger partial charge in [-0.1, -0.05) is 48.0 Å². The molecule has 21 heavy (non-hydrogen) atoms. The molecule has 0 fully saturated rings. The van der Waals surface area contributed by atoms with Crippen LogP contribution in [0.4, 0.5) is 0 Å². The van der Waals surface area contributed by atoms with Crippen LogP contribution in [0.25, 0.3) is 0 Å². The zero-order valence-electron chi connectivity index (χ0n) is 11.3. The highest BCUT2D eigenvalue weighted by Crippen LogP contribution is 2.17. The van der Waals surface area contributed by atoms with E-state index in [2.05, 4.69) is 5.32 Å². The first-order chi connectivity index (χ1) is 10.2. The Balaban J connectivity index is 1.89. The quantitative estimate of drug-likeness (QED) is 0.862. The van der Waals surface area contributed by atoms with Crippen molar-refractivity contribution < 1.29 is 14.6 Å². The molecular formula is C16H16ClNO3. The standard InChI is InChI=1S/C16H16ClNO3/c17-13-7-4-8-14(9-13)21-11-16(20)18-15(10-19)12-5-2-1-3-6-12/h1-9,15,19H,10-11H2,(H,18,20). The number of aliphatic hydroxyl groups is 1. The van der Waals surface area contributed by atoms with E-state index in [0.29, 0.717) is 10.8 Å². The summed E-state index contributed by atoms with van der Waals surface area (Å²) < 4.78 is 5.35.